The summed E-state index contributed by atoms with van der Waals surface area (Å²) in [5.74, 6) is -0.384. The molecule has 0 aliphatic rings. The smallest absolute Gasteiger partial charge is 0.236 e. The van der Waals surface area contributed by atoms with Gasteiger partial charge >= 0.3 is 0 Å². The van der Waals surface area contributed by atoms with Gasteiger partial charge in [0.1, 0.15) is 0 Å². The number of rotatable bonds is 9. The zero-order chi connectivity index (χ0) is 15.0. The quantitative estimate of drug-likeness (QED) is 0.747. The van der Waals surface area contributed by atoms with Crippen molar-refractivity contribution in [1.29, 1.82) is 0 Å². The van der Waals surface area contributed by atoms with Gasteiger partial charge in [-0.1, -0.05) is 19.4 Å². The molecule has 6 heteroatoms. The fourth-order valence-electron chi connectivity index (χ4n) is 1.85. The molecule has 1 aromatic heterocycles. The van der Waals surface area contributed by atoms with E-state index in [0.717, 1.165) is 24.3 Å². The number of nitrogens with zero attached hydrogens (tertiary/aromatic N) is 2. The highest BCUT2D eigenvalue weighted by Gasteiger charge is 2.16. The van der Waals surface area contributed by atoms with Crippen LogP contribution >= 0.6 is 11.3 Å². The predicted molar refractivity (Wildman–Crippen MR) is 81.3 cm³/mol. The third kappa shape index (κ3) is 6.16. The molecule has 0 atom stereocenters. The Balaban J connectivity index is 2.48. The fourth-order valence-corrected chi connectivity index (χ4v) is 2.61. The molecule has 0 fully saturated rings. The van der Waals surface area contributed by atoms with Gasteiger partial charge in [0.05, 0.1) is 19.6 Å². The fraction of sp³-hybridized carbons (Fsp3) is 0.571. The van der Waals surface area contributed by atoms with Crippen molar-refractivity contribution in [1.82, 2.24) is 9.80 Å². The number of hydrogen-bond acceptors (Lipinski definition) is 4. The Kier molecular flexibility index (Phi) is 7.25. The molecule has 0 aliphatic carbocycles. The minimum absolute atomic E-state index is 0.00996. The van der Waals surface area contributed by atoms with E-state index in [9.17, 15) is 9.59 Å². The van der Waals surface area contributed by atoms with Crippen molar-refractivity contribution in [3.8, 4) is 0 Å². The normalized spacial score (nSPS) is 10.8. The van der Waals surface area contributed by atoms with Crippen LogP contribution in [0.4, 0.5) is 0 Å². The second-order valence-corrected chi connectivity index (χ2v) is 5.89. The summed E-state index contributed by atoms with van der Waals surface area (Å²) < 4.78 is 0. The molecule has 112 valence electrons. The Labute approximate surface area is 124 Å². The highest BCUT2D eigenvalue weighted by atomic mass is 32.1. The predicted octanol–water partition coefficient (Wildman–Crippen LogP) is 1.29. The molecule has 0 spiro atoms. The number of unbranched alkanes of at least 4 members (excludes halogenated alkanes) is 1. The molecule has 20 heavy (non-hydrogen) atoms. The number of nitrogens with two attached hydrogens (primary N) is 1. The molecule has 0 aliphatic heterocycles. The molecule has 0 saturated carbocycles. The highest BCUT2D eigenvalue weighted by molar-refractivity contribution is 7.09. The second-order valence-electron chi connectivity index (χ2n) is 4.86. The van der Waals surface area contributed by atoms with Gasteiger partial charge < -0.3 is 10.6 Å². The van der Waals surface area contributed by atoms with Crippen molar-refractivity contribution < 1.29 is 9.59 Å². The van der Waals surface area contributed by atoms with Gasteiger partial charge in [0.2, 0.25) is 11.8 Å². The van der Waals surface area contributed by atoms with Gasteiger partial charge in [0.25, 0.3) is 0 Å². The van der Waals surface area contributed by atoms with Crippen LogP contribution in [-0.4, -0.2) is 48.3 Å². The summed E-state index contributed by atoms with van der Waals surface area (Å²) in [5.41, 5.74) is 5.22. The molecular weight excluding hydrogens is 274 g/mol. The first-order chi connectivity index (χ1) is 9.52. The van der Waals surface area contributed by atoms with Crippen LogP contribution in [0.2, 0.25) is 0 Å². The molecule has 0 radical (unpaired) electrons. The van der Waals surface area contributed by atoms with Crippen molar-refractivity contribution in [2.75, 3.05) is 26.7 Å². The Morgan fingerprint density at radius 1 is 1.35 bits per heavy atom. The number of primary amides is 1. The van der Waals surface area contributed by atoms with Crippen LogP contribution < -0.4 is 5.73 Å². The van der Waals surface area contributed by atoms with E-state index in [1.807, 2.05) is 22.4 Å². The van der Waals surface area contributed by atoms with Crippen LogP contribution in [0.1, 0.15) is 24.6 Å². The first kappa shape index (κ1) is 16.7. The van der Waals surface area contributed by atoms with E-state index in [-0.39, 0.29) is 19.0 Å². The summed E-state index contributed by atoms with van der Waals surface area (Å²) in [6.45, 7) is 3.78. The largest absolute Gasteiger partial charge is 0.369 e. The number of thiophene rings is 1. The maximum absolute atomic E-state index is 12.2. The number of carbonyl (C=O) groups is 2. The molecule has 0 saturated heterocycles. The van der Waals surface area contributed by atoms with Gasteiger partial charge in [-0.05, 0) is 24.4 Å². The lowest BCUT2D eigenvalue weighted by Gasteiger charge is -2.23. The summed E-state index contributed by atoms with van der Waals surface area (Å²) in [7, 11) is 1.78. The van der Waals surface area contributed by atoms with Crippen molar-refractivity contribution in [3.63, 3.8) is 0 Å². The Morgan fingerprint density at radius 2 is 2.10 bits per heavy atom. The first-order valence-corrected chi connectivity index (χ1v) is 7.68. The monoisotopic (exact) mass is 297 g/mol. The average Bonchev–Trinajstić information content (AvgIpc) is 2.87. The number of amides is 2. The van der Waals surface area contributed by atoms with Crippen LogP contribution in [0, 0.1) is 0 Å². The summed E-state index contributed by atoms with van der Waals surface area (Å²) in [6, 6.07) is 3.98. The van der Waals surface area contributed by atoms with Gasteiger partial charge in [-0.15, -0.1) is 11.3 Å². The lowest BCUT2D eigenvalue weighted by Crippen LogP contribution is -2.42. The molecule has 2 amide bonds. The lowest BCUT2D eigenvalue weighted by molar-refractivity contribution is -0.132. The highest BCUT2D eigenvalue weighted by Crippen LogP contribution is 2.11. The summed E-state index contributed by atoms with van der Waals surface area (Å²) >= 11 is 1.63. The second kappa shape index (κ2) is 8.71. The van der Waals surface area contributed by atoms with E-state index in [0.29, 0.717) is 6.54 Å². The standard InChI is InChI=1S/C14H23N3O2S/c1-3-4-7-17(10-13(15)18)11-14(19)16(2)9-12-6-5-8-20-12/h5-6,8H,3-4,7,9-11H2,1-2H3,(H2,15,18). The van der Waals surface area contributed by atoms with Crippen LogP contribution in [0.3, 0.4) is 0 Å². The van der Waals surface area contributed by atoms with Crippen LogP contribution in [-0.2, 0) is 16.1 Å². The van der Waals surface area contributed by atoms with E-state index >= 15 is 0 Å². The summed E-state index contributed by atoms with van der Waals surface area (Å²) in [6.07, 6.45) is 1.98. The van der Waals surface area contributed by atoms with Crippen molar-refractivity contribution in [2.24, 2.45) is 5.73 Å². The maximum atomic E-state index is 12.2. The molecule has 0 bridgehead atoms. The molecule has 1 aromatic rings. The molecule has 2 N–H and O–H groups in total. The van der Waals surface area contributed by atoms with E-state index in [1.165, 1.54) is 0 Å². The number of likely N-dealkylation sites (N-methyl/N-ethyl adjacent to an activating group) is 1. The van der Waals surface area contributed by atoms with Crippen LogP contribution in [0.15, 0.2) is 17.5 Å². The minimum atomic E-state index is -0.394. The minimum Gasteiger partial charge on any atom is -0.369 e. The van der Waals surface area contributed by atoms with Gasteiger partial charge in [0.15, 0.2) is 0 Å². The molecule has 5 nitrogen and oxygen atoms in total. The van der Waals surface area contributed by atoms with E-state index in [4.69, 9.17) is 5.73 Å². The van der Waals surface area contributed by atoms with Gasteiger partial charge in [0, 0.05) is 11.9 Å². The lowest BCUT2D eigenvalue weighted by atomic mass is 10.3. The van der Waals surface area contributed by atoms with Gasteiger partial charge in [-0.2, -0.15) is 0 Å². The van der Waals surface area contributed by atoms with E-state index in [2.05, 4.69) is 6.92 Å². The first-order valence-electron chi connectivity index (χ1n) is 6.80. The van der Waals surface area contributed by atoms with Crippen molar-refractivity contribution in [2.45, 2.75) is 26.3 Å². The summed E-state index contributed by atoms with van der Waals surface area (Å²) in [4.78, 5) is 27.9. The number of hydrogen-bond donors (Lipinski definition) is 1. The zero-order valence-corrected chi connectivity index (χ0v) is 13.0. The zero-order valence-electron chi connectivity index (χ0n) is 12.2. The SMILES string of the molecule is CCCCN(CC(N)=O)CC(=O)N(C)Cc1cccs1. The maximum Gasteiger partial charge on any atom is 0.236 e. The van der Waals surface area contributed by atoms with E-state index in [1.54, 1.807) is 23.3 Å². The molecule has 0 unspecified atom stereocenters. The third-order valence-corrected chi connectivity index (χ3v) is 3.83. The van der Waals surface area contributed by atoms with Crippen LogP contribution in [0.25, 0.3) is 0 Å². The molecule has 0 aromatic carbocycles. The van der Waals surface area contributed by atoms with E-state index < -0.39 is 5.91 Å². The Morgan fingerprint density at radius 3 is 2.65 bits per heavy atom. The van der Waals surface area contributed by atoms with Gasteiger partial charge in [-0.3, -0.25) is 14.5 Å². The topological polar surface area (TPSA) is 66.6 Å². The van der Waals surface area contributed by atoms with Crippen molar-refractivity contribution in [3.05, 3.63) is 22.4 Å². The summed E-state index contributed by atoms with van der Waals surface area (Å²) in [5, 5.41) is 1.99. The molecular formula is C14H23N3O2S. The molecule has 1 rings (SSSR count). The molecule has 1 heterocycles. The Hall–Kier alpha value is -1.40. The Bertz CT molecular complexity index is 420. The third-order valence-electron chi connectivity index (χ3n) is 2.97. The average molecular weight is 297 g/mol. The van der Waals surface area contributed by atoms with Crippen LogP contribution in [0.5, 0.6) is 0 Å². The van der Waals surface area contributed by atoms with Gasteiger partial charge in [-0.25, -0.2) is 0 Å². The number of carbonyl (C=O) groups excluding carboxylic acids is 2. The van der Waals surface area contributed by atoms with Crippen molar-refractivity contribution >= 4 is 23.2 Å².